The molecule has 5 rings (SSSR count). The molecule has 2 bridgehead atoms. The minimum atomic E-state index is -1.30. The third-order valence-corrected chi connectivity index (χ3v) is 10.9. The molecule has 6 atom stereocenters. The number of piperidine rings is 1. The summed E-state index contributed by atoms with van der Waals surface area (Å²) in [4.78, 5) is 66.1. The van der Waals surface area contributed by atoms with E-state index in [1.54, 1.807) is 26.8 Å². The zero-order valence-corrected chi connectivity index (χ0v) is 31.7. The molecule has 2 aliphatic heterocycles. The Balaban J connectivity index is 1.17. The lowest BCUT2D eigenvalue weighted by molar-refractivity contribution is -0.175. The molecule has 53 heavy (non-hydrogen) atoms. The normalized spacial score (nSPS) is 25.2. The van der Waals surface area contributed by atoms with Crippen molar-refractivity contribution in [1.82, 2.24) is 15.5 Å². The van der Waals surface area contributed by atoms with Crippen LogP contribution in [-0.2, 0) is 51.8 Å². The molecule has 14 nitrogen and oxygen atoms in total. The number of rotatable bonds is 16. The first-order chi connectivity index (χ1) is 25.0. The fourth-order valence-electron chi connectivity index (χ4n) is 8.27. The summed E-state index contributed by atoms with van der Waals surface area (Å²) in [7, 11) is 1.99. The molecule has 0 saturated carbocycles. The molecule has 1 aromatic rings. The van der Waals surface area contributed by atoms with Crippen molar-refractivity contribution in [3.8, 4) is 5.75 Å². The number of carbonyl (C=O) groups is 5. The van der Waals surface area contributed by atoms with Crippen molar-refractivity contribution in [3.63, 3.8) is 0 Å². The molecule has 1 aromatic carbocycles. The number of hydrogen-bond donors (Lipinski definition) is 4. The van der Waals surface area contributed by atoms with Crippen molar-refractivity contribution >= 4 is 29.7 Å². The second-order valence-corrected chi connectivity index (χ2v) is 15.7. The average Bonchev–Trinajstić information content (AvgIpc) is 3.44. The standard InChI is InChI=1S/C39H55N3O11/c1-7-8-9-10-26(44)13-14-27(41-36(48)53-37(3,4)5)34(46)40-19-16-30(45)50-23(2)35(47)51-28-15-17-39(49)29-21-24-11-12-25(22-43)32-31(24)38(39,33(28)52-32)18-20-42(29)6/h11-12,15,23,27,29,33,43,49H,7-10,13-14,16-22H2,1-6H3,(H,40,46)(H,41,48)/t23-,27-,29+,33-,38-,39+/m0/s1. The van der Waals surface area contributed by atoms with Gasteiger partial charge in [-0.15, -0.1) is 0 Å². The van der Waals surface area contributed by atoms with Crippen LogP contribution in [0.2, 0.25) is 0 Å². The molecular formula is C39H55N3O11. The van der Waals surface area contributed by atoms with Gasteiger partial charge in [-0.05, 0) is 78.6 Å². The highest BCUT2D eigenvalue weighted by Crippen LogP contribution is 2.64. The number of unbranched alkanes of at least 4 members (excludes halogenated alkanes) is 2. The fourth-order valence-corrected chi connectivity index (χ4v) is 8.27. The quantitative estimate of drug-likeness (QED) is 0.110. The maximum Gasteiger partial charge on any atom is 0.408 e. The number of amides is 2. The van der Waals surface area contributed by atoms with Crippen LogP contribution in [0.5, 0.6) is 5.75 Å². The Morgan fingerprint density at radius 3 is 2.57 bits per heavy atom. The highest BCUT2D eigenvalue weighted by molar-refractivity contribution is 5.87. The molecule has 0 radical (unpaired) electrons. The van der Waals surface area contributed by atoms with E-state index in [0.29, 0.717) is 37.1 Å². The van der Waals surface area contributed by atoms with Crippen LogP contribution in [0.1, 0.15) is 109 Å². The number of Topliss-reactive ketones (excluding diaryl/α,β-unsaturated/α-hetero) is 1. The number of carbonyl (C=O) groups excluding carboxylic acids is 5. The van der Waals surface area contributed by atoms with E-state index in [0.717, 1.165) is 30.4 Å². The van der Waals surface area contributed by atoms with Crippen molar-refractivity contribution in [3.05, 3.63) is 40.7 Å². The maximum atomic E-state index is 13.3. The van der Waals surface area contributed by atoms with Crippen LogP contribution in [0.4, 0.5) is 4.79 Å². The van der Waals surface area contributed by atoms with Gasteiger partial charge < -0.3 is 44.7 Å². The molecule has 1 saturated heterocycles. The van der Waals surface area contributed by atoms with Gasteiger partial charge in [-0.3, -0.25) is 14.4 Å². The number of ether oxygens (including phenoxy) is 4. The fraction of sp³-hybridized carbons (Fsp3) is 0.667. The number of benzene rings is 1. The summed E-state index contributed by atoms with van der Waals surface area (Å²) < 4.78 is 23.0. The van der Waals surface area contributed by atoms with Gasteiger partial charge in [0.05, 0.1) is 24.0 Å². The molecular weight excluding hydrogens is 686 g/mol. The molecule has 4 N–H and O–H groups in total. The van der Waals surface area contributed by atoms with Crippen LogP contribution in [-0.4, -0.2) is 100 Å². The Kier molecular flexibility index (Phi) is 12.2. The second-order valence-electron chi connectivity index (χ2n) is 15.7. The van der Waals surface area contributed by atoms with E-state index in [-0.39, 0.29) is 56.4 Å². The number of aliphatic hydroxyl groups excluding tert-OH is 1. The lowest BCUT2D eigenvalue weighted by atomic mass is 9.50. The minimum Gasteiger partial charge on any atom is -0.481 e. The summed E-state index contributed by atoms with van der Waals surface area (Å²) in [6.45, 7) is 8.78. The third-order valence-electron chi connectivity index (χ3n) is 10.9. The number of esters is 2. The SMILES string of the molecule is CCCCCC(=O)CC[C@H](NC(=O)OC(C)(C)C)C(=O)NCCC(=O)O[C@@H](C)C(=O)OC1=CC[C@@]2(O)[C@H]3Cc4ccc(CO)c5c4[C@@]2(CCN3C)[C@H]1O5. The number of ketones is 1. The van der Waals surface area contributed by atoms with E-state index in [1.165, 1.54) is 6.92 Å². The van der Waals surface area contributed by atoms with Crippen LogP contribution < -0.4 is 15.4 Å². The lowest BCUT2D eigenvalue weighted by Gasteiger charge is -2.61. The number of hydrogen-bond acceptors (Lipinski definition) is 12. The average molecular weight is 742 g/mol. The first-order valence-corrected chi connectivity index (χ1v) is 18.8. The van der Waals surface area contributed by atoms with Crippen LogP contribution in [0.3, 0.4) is 0 Å². The molecule has 0 unspecified atom stereocenters. The van der Waals surface area contributed by atoms with Crippen molar-refractivity contribution in [1.29, 1.82) is 0 Å². The van der Waals surface area contributed by atoms with Gasteiger partial charge in [0, 0.05) is 43.0 Å². The van der Waals surface area contributed by atoms with Gasteiger partial charge >= 0.3 is 18.0 Å². The Labute approximate surface area is 310 Å². The highest BCUT2D eigenvalue weighted by atomic mass is 16.6. The monoisotopic (exact) mass is 741 g/mol. The minimum absolute atomic E-state index is 0.0102. The largest absolute Gasteiger partial charge is 0.481 e. The summed E-state index contributed by atoms with van der Waals surface area (Å²) in [6, 6.07) is 2.56. The van der Waals surface area contributed by atoms with Gasteiger partial charge in [0.1, 0.15) is 28.9 Å². The summed E-state index contributed by atoms with van der Waals surface area (Å²) in [5.74, 6) is -1.46. The number of nitrogens with zero attached hydrogens (tertiary/aromatic N) is 1. The van der Waals surface area contributed by atoms with Crippen LogP contribution in [0.15, 0.2) is 24.0 Å². The predicted molar refractivity (Wildman–Crippen MR) is 192 cm³/mol. The second kappa shape index (κ2) is 16.2. The number of aliphatic hydroxyl groups is 2. The molecule has 4 aliphatic rings. The van der Waals surface area contributed by atoms with E-state index in [2.05, 4.69) is 15.5 Å². The molecule has 2 amide bonds. The Morgan fingerprint density at radius 1 is 1.11 bits per heavy atom. The molecule has 2 aliphatic carbocycles. The van der Waals surface area contributed by atoms with E-state index in [9.17, 15) is 34.2 Å². The zero-order valence-electron chi connectivity index (χ0n) is 31.7. The first-order valence-electron chi connectivity index (χ1n) is 18.8. The predicted octanol–water partition coefficient (Wildman–Crippen LogP) is 3.26. The summed E-state index contributed by atoms with van der Waals surface area (Å²) in [6.07, 6.45) is 3.06. The number of likely N-dealkylation sites (tertiary alicyclic amines) is 1. The van der Waals surface area contributed by atoms with Gasteiger partial charge in [0.2, 0.25) is 5.91 Å². The number of likely N-dealkylation sites (N-methyl/N-ethyl adjacent to an activating group) is 1. The van der Waals surface area contributed by atoms with E-state index >= 15 is 0 Å². The van der Waals surface area contributed by atoms with E-state index in [4.69, 9.17) is 18.9 Å². The molecule has 1 spiro atoms. The summed E-state index contributed by atoms with van der Waals surface area (Å²) in [5.41, 5.74) is -0.389. The van der Waals surface area contributed by atoms with Crippen molar-refractivity contribution in [2.45, 2.75) is 146 Å². The highest BCUT2D eigenvalue weighted by Gasteiger charge is 2.72. The van der Waals surface area contributed by atoms with E-state index in [1.807, 2.05) is 26.1 Å². The maximum absolute atomic E-state index is 13.3. The van der Waals surface area contributed by atoms with Crippen molar-refractivity contribution in [2.75, 3.05) is 20.1 Å². The van der Waals surface area contributed by atoms with E-state index < -0.39 is 58.8 Å². The molecule has 14 heteroatoms. The Bertz CT molecular complexity index is 1620. The molecule has 0 aromatic heterocycles. The van der Waals surface area contributed by atoms with Gasteiger partial charge in [-0.25, -0.2) is 9.59 Å². The van der Waals surface area contributed by atoms with Gasteiger partial charge in [0.15, 0.2) is 12.2 Å². The van der Waals surface area contributed by atoms with Crippen LogP contribution >= 0.6 is 0 Å². The zero-order chi connectivity index (χ0) is 38.7. The molecule has 1 fully saturated rings. The Morgan fingerprint density at radius 2 is 1.87 bits per heavy atom. The lowest BCUT2D eigenvalue weighted by Crippen LogP contribution is -2.74. The van der Waals surface area contributed by atoms with Gasteiger partial charge in [-0.2, -0.15) is 0 Å². The third kappa shape index (κ3) is 8.24. The summed E-state index contributed by atoms with van der Waals surface area (Å²) >= 11 is 0. The first kappa shape index (κ1) is 40.2. The van der Waals surface area contributed by atoms with Crippen LogP contribution in [0.25, 0.3) is 0 Å². The molecule has 2 heterocycles. The number of nitrogens with one attached hydrogen (secondary N) is 2. The smallest absolute Gasteiger partial charge is 0.408 e. The topological polar surface area (TPSA) is 190 Å². The summed E-state index contributed by atoms with van der Waals surface area (Å²) in [5, 5.41) is 27.6. The number of alkyl carbamates (subject to hydrolysis) is 1. The van der Waals surface area contributed by atoms with Crippen molar-refractivity contribution < 1.29 is 53.1 Å². The molecule has 292 valence electrons. The van der Waals surface area contributed by atoms with Crippen molar-refractivity contribution in [2.24, 2.45) is 0 Å². The Hall–Kier alpha value is -4.01. The van der Waals surface area contributed by atoms with Crippen LogP contribution in [0, 0.1) is 0 Å². The van der Waals surface area contributed by atoms with Gasteiger partial charge in [0.25, 0.3) is 0 Å². The van der Waals surface area contributed by atoms with Gasteiger partial charge in [-0.1, -0.05) is 31.9 Å².